The largest absolute Gasteiger partial charge is 0.578 e. The van der Waals surface area contributed by atoms with Crippen molar-refractivity contribution in [3.8, 4) is 62.5 Å². The third kappa shape index (κ3) is 8.37. The number of hydrogen-bond donors (Lipinski definition) is 1. The smallest absolute Gasteiger partial charge is 0.374 e. The van der Waals surface area contributed by atoms with Gasteiger partial charge >= 0.3 is 41.4 Å². The number of aliphatic hydroxyl groups excluding tert-OH is 1. The summed E-state index contributed by atoms with van der Waals surface area (Å²) in [6, 6.07) is 19.7. The van der Waals surface area contributed by atoms with Crippen molar-refractivity contribution in [2.24, 2.45) is 11.8 Å². The predicted octanol–water partition coefficient (Wildman–Crippen LogP) is 8.22. The number of allylic oxidation sites excluding steroid dienone is 1. The highest BCUT2D eigenvalue weighted by Gasteiger charge is 2.72. The van der Waals surface area contributed by atoms with Crippen molar-refractivity contribution in [2.45, 2.75) is 80.6 Å². The number of fused-ring (bicyclic) bond motifs is 2. The number of esters is 4. The van der Waals surface area contributed by atoms with E-state index in [0.29, 0.717) is 12.2 Å². The lowest BCUT2D eigenvalue weighted by Gasteiger charge is -2.56. The lowest BCUT2D eigenvalue weighted by Crippen LogP contribution is -2.78. The van der Waals surface area contributed by atoms with Crippen LogP contribution in [0.3, 0.4) is 0 Å². The summed E-state index contributed by atoms with van der Waals surface area (Å²) in [5.41, 5.74) is -1.86. The van der Waals surface area contributed by atoms with E-state index in [1.807, 2.05) is 30.3 Å². The topological polar surface area (TPSA) is 206 Å². The molecule has 0 aromatic heterocycles. The summed E-state index contributed by atoms with van der Waals surface area (Å²) < 4.78 is 35.6. The predicted molar refractivity (Wildman–Crippen MR) is 223 cm³/mol. The van der Waals surface area contributed by atoms with Gasteiger partial charge in [-0.25, -0.2) is 0 Å². The summed E-state index contributed by atoms with van der Waals surface area (Å²) in [6.45, 7) is 11.4. The van der Waals surface area contributed by atoms with Gasteiger partial charge in [-0.05, 0) is 59.9 Å². The molecule has 4 aromatic carbocycles. The third-order valence-electron chi connectivity index (χ3n) is 10.6. The Kier molecular flexibility index (Phi) is 13.2. The number of ether oxygens (including phenoxy) is 6. The normalized spacial score (nSPS) is 18.8. The van der Waals surface area contributed by atoms with Gasteiger partial charge in [0.2, 0.25) is 5.75 Å². The fourth-order valence-corrected chi connectivity index (χ4v) is 7.40. The van der Waals surface area contributed by atoms with Gasteiger partial charge in [0.25, 0.3) is 0 Å². The van der Waals surface area contributed by atoms with Gasteiger partial charge in [0, 0.05) is 33.6 Å². The highest BCUT2D eigenvalue weighted by Crippen LogP contribution is 2.59. The molecule has 0 bridgehead atoms. The Morgan fingerprint density at radius 3 is 1.73 bits per heavy atom. The quantitative estimate of drug-likeness (QED) is 0.0548. The van der Waals surface area contributed by atoms with Gasteiger partial charge < -0.3 is 38.7 Å². The number of benzene rings is 4. The van der Waals surface area contributed by atoms with Gasteiger partial charge in [0.15, 0.2) is 34.4 Å². The fourth-order valence-electron chi connectivity index (χ4n) is 7.40. The van der Waals surface area contributed by atoms with Crippen LogP contribution in [0.15, 0.2) is 84.4 Å². The number of quaternary nitrogens is 1. The molecule has 0 spiro atoms. The van der Waals surface area contributed by atoms with Crippen LogP contribution in [0.25, 0.3) is 22.3 Å². The van der Waals surface area contributed by atoms with E-state index in [2.05, 4.69) is 0 Å². The standard InChI is InChI=1S/C46H48N2O15/c1-10-25(3)39-44(53)48(55)46(26(4)11-2,45(54)47(39)56-9)62-36-23-33(19-22-35(36)63-48)38-42(60-29(7)51)40(58-27(5)49)37(41(59-28(6)50)43(38)61-30(8)52)32-17-20-34(21-18-32)57-24-31-15-13-12-14-16-31/h12-23,25-26,53H,10-11,24H2,1-9H3/t25-,26-,46+,48-/m0/s1. The Bertz CT molecular complexity index is 2430. The minimum Gasteiger partial charge on any atom is -0.578 e. The van der Waals surface area contributed by atoms with E-state index >= 15 is 5.21 Å². The van der Waals surface area contributed by atoms with Gasteiger partial charge in [-0.15, -0.1) is 0 Å². The Morgan fingerprint density at radius 2 is 1.25 bits per heavy atom. The lowest BCUT2D eigenvalue weighted by atomic mass is 9.89. The van der Waals surface area contributed by atoms with Gasteiger partial charge in [0.1, 0.15) is 12.4 Å². The summed E-state index contributed by atoms with van der Waals surface area (Å²) in [5, 5.41) is 27.6. The molecule has 1 amide bonds. The third-order valence-corrected chi connectivity index (χ3v) is 10.6. The van der Waals surface area contributed by atoms with Crippen LogP contribution in [-0.2, 0) is 35.4 Å². The summed E-state index contributed by atoms with van der Waals surface area (Å²) in [7, 11) is 1.21. The molecule has 2 heterocycles. The number of aliphatic hydroxyl groups is 1. The number of rotatable bonds is 14. The first kappa shape index (κ1) is 45.6. The molecule has 0 aliphatic carbocycles. The Balaban J connectivity index is 1.63. The molecule has 332 valence electrons. The van der Waals surface area contributed by atoms with Crippen molar-refractivity contribution in [3.05, 3.63) is 95.1 Å². The number of amides is 1. The molecule has 0 unspecified atom stereocenters. The van der Waals surface area contributed by atoms with Gasteiger partial charge in [0.05, 0.1) is 24.2 Å². The molecule has 2 aliphatic rings. The Labute approximate surface area is 363 Å². The van der Waals surface area contributed by atoms with Crippen LogP contribution < -0.4 is 33.3 Å². The number of carbonyl (C=O) groups is 5. The van der Waals surface area contributed by atoms with Crippen LogP contribution in [0.1, 0.15) is 73.8 Å². The van der Waals surface area contributed by atoms with Gasteiger partial charge in [-0.2, -0.15) is 5.06 Å². The molecule has 0 saturated carbocycles. The lowest BCUT2D eigenvalue weighted by molar-refractivity contribution is -1.08. The average molecular weight is 869 g/mol. The molecule has 0 fully saturated rings. The van der Waals surface area contributed by atoms with E-state index < -0.39 is 81.0 Å². The van der Waals surface area contributed by atoms with Crippen LogP contribution in [0.2, 0.25) is 0 Å². The van der Waals surface area contributed by atoms with Crippen molar-refractivity contribution in [3.63, 3.8) is 0 Å². The molecule has 0 radical (unpaired) electrons. The van der Waals surface area contributed by atoms with Crippen LogP contribution >= 0.6 is 0 Å². The first-order chi connectivity index (χ1) is 29.9. The van der Waals surface area contributed by atoms with E-state index in [0.717, 1.165) is 38.3 Å². The summed E-state index contributed by atoms with van der Waals surface area (Å²) in [5.74, 6) is -8.59. The highest BCUT2D eigenvalue weighted by atomic mass is 17.0. The Morgan fingerprint density at radius 1 is 0.746 bits per heavy atom. The van der Waals surface area contributed by atoms with Crippen LogP contribution in [0.4, 0.5) is 0 Å². The van der Waals surface area contributed by atoms with E-state index in [-0.39, 0.29) is 52.5 Å². The van der Waals surface area contributed by atoms with Gasteiger partial charge in [-0.1, -0.05) is 75.0 Å². The molecule has 63 heavy (non-hydrogen) atoms. The minimum atomic E-state index is -2.53. The number of nitrogens with zero attached hydrogens (tertiary/aromatic N) is 2. The number of hydroxylamine groups is 6. The van der Waals surface area contributed by atoms with Crippen LogP contribution in [0, 0.1) is 17.0 Å². The molecule has 0 saturated heterocycles. The zero-order valence-corrected chi connectivity index (χ0v) is 36.3. The van der Waals surface area contributed by atoms with Crippen molar-refractivity contribution in [1.29, 1.82) is 0 Å². The molecule has 4 aromatic rings. The molecule has 17 heteroatoms. The average Bonchev–Trinajstić information content (AvgIpc) is 3.24. The fraction of sp³-hybridized carbons (Fsp3) is 0.326. The summed E-state index contributed by atoms with van der Waals surface area (Å²) in [4.78, 5) is 75.8. The molecular formula is C46H48N2O15. The zero-order valence-electron chi connectivity index (χ0n) is 36.3. The second-order valence-electron chi connectivity index (χ2n) is 15.0. The first-order valence-electron chi connectivity index (χ1n) is 20.1. The van der Waals surface area contributed by atoms with Crippen molar-refractivity contribution in [1.82, 2.24) is 5.06 Å². The number of carbonyl (C=O) groups excluding carboxylic acids is 5. The van der Waals surface area contributed by atoms with E-state index in [9.17, 15) is 29.1 Å². The van der Waals surface area contributed by atoms with E-state index in [4.69, 9.17) is 38.1 Å². The van der Waals surface area contributed by atoms with E-state index in [1.165, 1.54) is 25.3 Å². The van der Waals surface area contributed by atoms with Crippen LogP contribution in [-0.4, -0.2) is 57.6 Å². The minimum absolute atomic E-state index is 0.0000196. The maximum atomic E-state index is 15.1. The summed E-state index contributed by atoms with van der Waals surface area (Å²) in [6.07, 6.45) is 0.596. The first-order valence-corrected chi connectivity index (χ1v) is 20.1. The van der Waals surface area contributed by atoms with E-state index in [1.54, 1.807) is 52.0 Å². The second-order valence-corrected chi connectivity index (χ2v) is 15.0. The summed E-state index contributed by atoms with van der Waals surface area (Å²) >= 11 is 0. The second kappa shape index (κ2) is 18.2. The molecular weight excluding hydrogens is 821 g/mol. The Hall–Kier alpha value is -6.95. The molecule has 17 nitrogen and oxygen atoms in total. The maximum Gasteiger partial charge on any atom is 0.374 e. The van der Waals surface area contributed by atoms with Crippen molar-refractivity contribution < 1.29 is 72.0 Å². The SMILES string of the molecule is CC[C@H](C)C1=C(O)[N@+]2([O-])Oc3ccc(-c4c(OC(C)=O)c(OC(C)=O)c(-c5ccc(OCc6ccccc6)cc5)c(OC(C)=O)c4OC(C)=O)cc3O[C@]2([C@@H](C)CC)C(=O)N1OC. The van der Waals surface area contributed by atoms with Gasteiger partial charge in [-0.3, -0.25) is 33.6 Å². The monoisotopic (exact) mass is 868 g/mol. The highest BCUT2D eigenvalue weighted by molar-refractivity contribution is 5.99. The molecule has 1 N–H and O–H groups in total. The van der Waals surface area contributed by atoms with Crippen molar-refractivity contribution >= 4 is 29.8 Å². The molecule has 2 aliphatic heterocycles. The zero-order chi connectivity index (χ0) is 46.0. The molecule has 6 rings (SSSR count). The number of hydrogen-bond acceptors (Lipinski definition) is 15. The molecule has 4 atom stereocenters. The van der Waals surface area contributed by atoms with Crippen molar-refractivity contribution in [2.75, 3.05) is 7.11 Å². The maximum absolute atomic E-state index is 15.1. The van der Waals surface area contributed by atoms with Crippen LogP contribution in [0.5, 0.6) is 40.2 Å².